The third-order valence-electron chi connectivity index (χ3n) is 2.63. The van der Waals surface area contributed by atoms with E-state index < -0.39 is 23.4 Å². The van der Waals surface area contributed by atoms with Crippen molar-refractivity contribution in [1.82, 2.24) is 5.48 Å². The van der Waals surface area contributed by atoms with E-state index in [1.165, 1.54) is 0 Å². The van der Waals surface area contributed by atoms with Crippen LogP contribution < -0.4 is 5.48 Å². The summed E-state index contributed by atoms with van der Waals surface area (Å²) in [6.45, 7) is 5.45. The third kappa shape index (κ3) is 3.48. The van der Waals surface area contributed by atoms with Crippen LogP contribution in [0.2, 0.25) is 0 Å². The second-order valence-corrected chi connectivity index (χ2v) is 5.16. The molecule has 0 aliphatic heterocycles. The average molecular weight is 229 g/mol. The zero-order valence-electron chi connectivity index (χ0n) is 9.95. The van der Waals surface area contributed by atoms with Gasteiger partial charge in [0.2, 0.25) is 5.91 Å². The number of carboxylic acid groups (broad SMARTS) is 1. The van der Waals surface area contributed by atoms with E-state index >= 15 is 0 Å². The Morgan fingerprint density at radius 2 is 1.81 bits per heavy atom. The number of hydrogen-bond donors (Lipinski definition) is 2. The lowest BCUT2D eigenvalue weighted by molar-refractivity contribution is -0.156. The highest BCUT2D eigenvalue weighted by Gasteiger charge is 2.38. The molecule has 0 bridgehead atoms. The Hall–Kier alpha value is -1.10. The average Bonchev–Trinajstić information content (AvgIpc) is 2.61. The molecule has 1 saturated carbocycles. The quantitative estimate of drug-likeness (QED) is 0.716. The molecule has 1 amide bonds. The molecule has 2 atom stereocenters. The molecule has 0 heterocycles. The van der Waals surface area contributed by atoms with Crippen LogP contribution in [-0.4, -0.2) is 22.6 Å². The van der Waals surface area contributed by atoms with Crippen LogP contribution in [0.5, 0.6) is 0 Å². The first-order valence-electron chi connectivity index (χ1n) is 5.52. The molecule has 0 unspecified atom stereocenters. The summed E-state index contributed by atoms with van der Waals surface area (Å²) in [5.74, 6) is -2.24. The van der Waals surface area contributed by atoms with E-state index in [1.54, 1.807) is 0 Å². The molecular weight excluding hydrogens is 210 g/mol. The first-order chi connectivity index (χ1) is 7.31. The maximum Gasteiger partial charge on any atom is 0.307 e. The van der Waals surface area contributed by atoms with Crippen LogP contribution in [0.4, 0.5) is 0 Å². The topological polar surface area (TPSA) is 75.6 Å². The summed E-state index contributed by atoms with van der Waals surface area (Å²) in [4.78, 5) is 27.7. The second-order valence-electron chi connectivity index (χ2n) is 5.16. The summed E-state index contributed by atoms with van der Waals surface area (Å²) in [6.07, 6.45) is 1.98. The van der Waals surface area contributed by atoms with Crippen LogP contribution in [0, 0.1) is 11.8 Å². The summed E-state index contributed by atoms with van der Waals surface area (Å²) in [5.41, 5.74) is 1.88. The number of aliphatic carboxylic acids is 1. The lowest BCUT2D eigenvalue weighted by atomic mass is 9.96. The normalized spacial score (nSPS) is 25.4. The number of amides is 1. The van der Waals surface area contributed by atoms with Gasteiger partial charge in [-0.2, -0.15) is 0 Å². The van der Waals surface area contributed by atoms with Crippen molar-refractivity contribution in [2.75, 3.05) is 0 Å². The van der Waals surface area contributed by atoms with Gasteiger partial charge in [-0.3, -0.25) is 14.4 Å². The highest BCUT2D eigenvalue weighted by molar-refractivity contribution is 5.84. The van der Waals surface area contributed by atoms with Gasteiger partial charge in [0.1, 0.15) is 0 Å². The Morgan fingerprint density at radius 1 is 1.25 bits per heavy atom. The van der Waals surface area contributed by atoms with Crippen LogP contribution >= 0.6 is 0 Å². The van der Waals surface area contributed by atoms with E-state index in [2.05, 4.69) is 5.48 Å². The molecule has 92 valence electrons. The van der Waals surface area contributed by atoms with Crippen LogP contribution in [-0.2, 0) is 14.4 Å². The van der Waals surface area contributed by atoms with Gasteiger partial charge in [0.15, 0.2) is 0 Å². The van der Waals surface area contributed by atoms with E-state index in [0.29, 0.717) is 12.8 Å². The molecule has 0 saturated heterocycles. The molecule has 0 spiro atoms. The number of hydrogen-bond acceptors (Lipinski definition) is 3. The molecule has 0 aromatic heterocycles. The minimum atomic E-state index is -0.895. The van der Waals surface area contributed by atoms with Gasteiger partial charge >= 0.3 is 5.97 Å². The highest BCUT2D eigenvalue weighted by atomic mass is 16.7. The van der Waals surface area contributed by atoms with Crippen LogP contribution in [0.15, 0.2) is 0 Å². The molecule has 1 fully saturated rings. The molecule has 16 heavy (non-hydrogen) atoms. The van der Waals surface area contributed by atoms with Gasteiger partial charge in [-0.05, 0) is 33.6 Å². The van der Waals surface area contributed by atoms with Crippen LogP contribution in [0.1, 0.15) is 40.0 Å². The van der Waals surface area contributed by atoms with Crippen molar-refractivity contribution in [3.8, 4) is 0 Å². The molecule has 1 rings (SSSR count). The molecule has 1 aliphatic rings. The standard InChI is InChI=1S/C11H19NO4/c1-11(2,3)16-12-9(13)7-5-4-6-8(7)10(14)15/h7-8H,4-6H2,1-3H3,(H,12,13)(H,14,15)/t7-,8+/m1/s1. The van der Waals surface area contributed by atoms with E-state index in [0.717, 1.165) is 6.42 Å². The van der Waals surface area contributed by atoms with Crippen molar-refractivity contribution in [3.63, 3.8) is 0 Å². The van der Waals surface area contributed by atoms with Crippen molar-refractivity contribution >= 4 is 11.9 Å². The Balaban J connectivity index is 2.50. The van der Waals surface area contributed by atoms with Crippen molar-refractivity contribution in [2.24, 2.45) is 11.8 Å². The maximum atomic E-state index is 11.7. The fourth-order valence-electron chi connectivity index (χ4n) is 1.85. The van der Waals surface area contributed by atoms with Crippen molar-refractivity contribution in [3.05, 3.63) is 0 Å². The second kappa shape index (κ2) is 4.82. The first-order valence-corrected chi connectivity index (χ1v) is 5.52. The summed E-state index contributed by atoms with van der Waals surface area (Å²) in [7, 11) is 0. The van der Waals surface area contributed by atoms with Gasteiger partial charge in [0, 0.05) is 0 Å². The fourth-order valence-corrected chi connectivity index (χ4v) is 1.85. The van der Waals surface area contributed by atoms with Gasteiger partial charge in [-0.1, -0.05) is 6.42 Å². The predicted molar refractivity (Wildman–Crippen MR) is 57.4 cm³/mol. The van der Waals surface area contributed by atoms with Gasteiger partial charge in [0.05, 0.1) is 17.4 Å². The minimum absolute atomic E-state index is 0.320. The van der Waals surface area contributed by atoms with Gasteiger partial charge in [-0.15, -0.1) is 0 Å². The monoisotopic (exact) mass is 229 g/mol. The van der Waals surface area contributed by atoms with Gasteiger partial charge in [0.25, 0.3) is 0 Å². The maximum absolute atomic E-state index is 11.7. The van der Waals surface area contributed by atoms with E-state index in [4.69, 9.17) is 9.94 Å². The lowest BCUT2D eigenvalue weighted by Gasteiger charge is -2.21. The van der Waals surface area contributed by atoms with E-state index in [9.17, 15) is 9.59 Å². The van der Waals surface area contributed by atoms with E-state index in [1.807, 2.05) is 20.8 Å². The SMILES string of the molecule is CC(C)(C)ONC(=O)[C@@H]1CCC[C@@H]1C(=O)O. The Kier molecular flexibility index (Phi) is 3.91. The summed E-state index contributed by atoms with van der Waals surface area (Å²) in [6, 6.07) is 0. The number of hydroxylamine groups is 1. The summed E-state index contributed by atoms with van der Waals surface area (Å²) in [5, 5.41) is 8.94. The summed E-state index contributed by atoms with van der Waals surface area (Å²) < 4.78 is 0. The minimum Gasteiger partial charge on any atom is -0.481 e. The Morgan fingerprint density at radius 3 is 2.31 bits per heavy atom. The molecule has 0 aromatic rings. The van der Waals surface area contributed by atoms with Crippen LogP contribution in [0.3, 0.4) is 0 Å². The largest absolute Gasteiger partial charge is 0.481 e. The smallest absolute Gasteiger partial charge is 0.307 e. The number of carboxylic acids is 1. The summed E-state index contributed by atoms with van der Waals surface area (Å²) >= 11 is 0. The molecule has 2 N–H and O–H groups in total. The number of nitrogens with one attached hydrogen (secondary N) is 1. The molecular formula is C11H19NO4. The van der Waals surface area contributed by atoms with Crippen molar-refractivity contribution in [2.45, 2.75) is 45.6 Å². The highest BCUT2D eigenvalue weighted by Crippen LogP contribution is 2.32. The number of carbonyl (C=O) groups excluding carboxylic acids is 1. The molecule has 0 aromatic carbocycles. The third-order valence-corrected chi connectivity index (χ3v) is 2.63. The van der Waals surface area contributed by atoms with Gasteiger partial charge in [-0.25, -0.2) is 5.48 Å². The zero-order valence-corrected chi connectivity index (χ0v) is 9.95. The predicted octanol–water partition coefficient (Wildman–Crippen LogP) is 1.33. The fraction of sp³-hybridized carbons (Fsp3) is 0.818. The number of carbonyl (C=O) groups is 2. The van der Waals surface area contributed by atoms with Crippen molar-refractivity contribution in [1.29, 1.82) is 0 Å². The molecule has 5 heteroatoms. The Labute approximate surface area is 95.1 Å². The van der Waals surface area contributed by atoms with Gasteiger partial charge < -0.3 is 5.11 Å². The first kappa shape index (κ1) is 13.0. The van der Waals surface area contributed by atoms with Crippen LogP contribution in [0.25, 0.3) is 0 Å². The molecule has 5 nitrogen and oxygen atoms in total. The van der Waals surface area contributed by atoms with Crippen molar-refractivity contribution < 1.29 is 19.5 Å². The van der Waals surface area contributed by atoms with E-state index in [-0.39, 0.29) is 5.91 Å². The Bertz CT molecular complexity index is 282. The molecule has 1 aliphatic carbocycles. The molecule has 0 radical (unpaired) electrons. The number of rotatable bonds is 3. The lowest BCUT2D eigenvalue weighted by Crippen LogP contribution is -2.39. The zero-order chi connectivity index (χ0) is 12.3.